The summed E-state index contributed by atoms with van der Waals surface area (Å²) in [4.78, 5) is 14.7. The summed E-state index contributed by atoms with van der Waals surface area (Å²) in [6, 6.07) is 7.43. The highest BCUT2D eigenvalue weighted by molar-refractivity contribution is 9.10. The number of aromatic nitrogens is 1. The van der Waals surface area contributed by atoms with Crippen LogP contribution in [0.5, 0.6) is 0 Å². The fourth-order valence-electron chi connectivity index (χ4n) is 1.69. The second kappa shape index (κ2) is 4.75. The van der Waals surface area contributed by atoms with Gasteiger partial charge < -0.3 is 10.3 Å². The number of benzene rings is 1. The minimum Gasteiger partial charge on any atom is -0.357 e. The van der Waals surface area contributed by atoms with Crippen LogP contribution in [0.1, 0.15) is 21.6 Å². The summed E-state index contributed by atoms with van der Waals surface area (Å²) in [6.07, 6.45) is 1.73. The summed E-state index contributed by atoms with van der Waals surface area (Å²) in [6.45, 7) is 4.00. The Bertz CT molecular complexity index is 524. The maximum absolute atomic E-state index is 11.8. The van der Waals surface area contributed by atoms with Crippen molar-refractivity contribution in [2.75, 3.05) is 5.32 Å². The van der Waals surface area contributed by atoms with Gasteiger partial charge in [-0.25, -0.2) is 0 Å². The molecule has 88 valence electrons. The van der Waals surface area contributed by atoms with E-state index in [0.29, 0.717) is 5.69 Å². The number of H-pyrrole nitrogens is 1. The van der Waals surface area contributed by atoms with Crippen LogP contribution in [0.25, 0.3) is 0 Å². The number of amides is 1. The summed E-state index contributed by atoms with van der Waals surface area (Å²) >= 11 is 3.50. The molecule has 0 saturated heterocycles. The van der Waals surface area contributed by atoms with Crippen molar-refractivity contribution in [3.8, 4) is 0 Å². The molecule has 0 fully saturated rings. The first-order chi connectivity index (χ1) is 8.08. The molecule has 0 aliphatic rings. The molecule has 17 heavy (non-hydrogen) atoms. The Morgan fingerprint density at radius 3 is 2.47 bits per heavy atom. The number of carbonyl (C=O) groups is 1. The highest BCUT2D eigenvalue weighted by Gasteiger charge is 2.08. The molecule has 0 unspecified atom stereocenters. The molecule has 0 saturated carbocycles. The monoisotopic (exact) mass is 292 g/mol. The van der Waals surface area contributed by atoms with Gasteiger partial charge in [0.05, 0.1) is 0 Å². The molecular formula is C13H13BrN2O. The molecular weight excluding hydrogens is 280 g/mol. The predicted octanol–water partition coefficient (Wildman–Crippen LogP) is 3.65. The largest absolute Gasteiger partial charge is 0.357 e. The molecule has 0 spiro atoms. The average molecular weight is 293 g/mol. The molecule has 1 heterocycles. The van der Waals surface area contributed by atoms with E-state index in [-0.39, 0.29) is 5.91 Å². The minimum absolute atomic E-state index is 0.129. The van der Waals surface area contributed by atoms with E-state index in [4.69, 9.17) is 0 Å². The molecule has 0 aliphatic carbocycles. The Kier molecular flexibility index (Phi) is 3.33. The van der Waals surface area contributed by atoms with E-state index in [2.05, 4.69) is 26.2 Å². The standard InChI is InChI=1S/C13H13BrN2O/c1-8-6-10(7-9(2)12(8)14)16-13(17)11-4-3-5-15-11/h3-7,15H,1-2H3,(H,16,17). The first-order valence-corrected chi connectivity index (χ1v) is 6.08. The van der Waals surface area contributed by atoms with Crippen LogP contribution in [-0.4, -0.2) is 10.9 Å². The van der Waals surface area contributed by atoms with Gasteiger partial charge in [0.25, 0.3) is 5.91 Å². The smallest absolute Gasteiger partial charge is 0.272 e. The number of halogens is 1. The van der Waals surface area contributed by atoms with E-state index < -0.39 is 0 Å². The molecule has 1 aromatic carbocycles. The van der Waals surface area contributed by atoms with E-state index in [1.165, 1.54) is 0 Å². The third-order valence-electron chi connectivity index (χ3n) is 2.54. The van der Waals surface area contributed by atoms with Gasteiger partial charge in [0.2, 0.25) is 0 Å². The third-order valence-corrected chi connectivity index (χ3v) is 3.79. The maximum Gasteiger partial charge on any atom is 0.272 e. The quantitative estimate of drug-likeness (QED) is 0.872. The minimum atomic E-state index is -0.129. The molecule has 3 nitrogen and oxygen atoms in total. The van der Waals surface area contributed by atoms with E-state index in [1.54, 1.807) is 18.3 Å². The van der Waals surface area contributed by atoms with Gasteiger partial charge in [-0.1, -0.05) is 15.9 Å². The maximum atomic E-state index is 11.8. The van der Waals surface area contributed by atoms with E-state index in [0.717, 1.165) is 21.3 Å². The first-order valence-electron chi connectivity index (χ1n) is 5.29. The van der Waals surface area contributed by atoms with Gasteiger partial charge in [0.1, 0.15) is 5.69 Å². The SMILES string of the molecule is Cc1cc(NC(=O)c2ccc[nH]2)cc(C)c1Br. The lowest BCUT2D eigenvalue weighted by Gasteiger charge is -2.09. The summed E-state index contributed by atoms with van der Waals surface area (Å²) in [7, 11) is 0. The Balaban J connectivity index is 2.22. The van der Waals surface area contributed by atoms with E-state index in [1.807, 2.05) is 26.0 Å². The van der Waals surface area contributed by atoms with Crippen molar-refractivity contribution in [3.63, 3.8) is 0 Å². The van der Waals surface area contributed by atoms with Gasteiger partial charge in [0, 0.05) is 16.4 Å². The topological polar surface area (TPSA) is 44.9 Å². The molecule has 2 N–H and O–H groups in total. The highest BCUT2D eigenvalue weighted by atomic mass is 79.9. The molecule has 0 aliphatic heterocycles. The lowest BCUT2D eigenvalue weighted by molar-refractivity contribution is 0.102. The van der Waals surface area contributed by atoms with Crippen molar-refractivity contribution < 1.29 is 4.79 Å². The Labute approximate surface area is 108 Å². The Morgan fingerprint density at radius 2 is 1.94 bits per heavy atom. The van der Waals surface area contributed by atoms with Crippen LogP contribution < -0.4 is 5.32 Å². The molecule has 0 bridgehead atoms. The van der Waals surface area contributed by atoms with Gasteiger partial charge in [-0.2, -0.15) is 0 Å². The Morgan fingerprint density at radius 1 is 1.29 bits per heavy atom. The zero-order valence-electron chi connectivity index (χ0n) is 9.67. The highest BCUT2D eigenvalue weighted by Crippen LogP contribution is 2.25. The summed E-state index contributed by atoms with van der Waals surface area (Å²) in [5, 5.41) is 2.86. The molecule has 4 heteroatoms. The van der Waals surface area contributed by atoms with Crippen LogP contribution in [-0.2, 0) is 0 Å². The summed E-state index contributed by atoms with van der Waals surface area (Å²) in [5.41, 5.74) is 3.57. The second-order valence-corrected chi connectivity index (χ2v) is 4.75. The number of anilines is 1. The molecule has 1 aromatic heterocycles. The average Bonchev–Trinajstić information content (AvgIpc) is 2.79. The molecule has 1 amide bonds. The number of carbonyl (C=O) groups excluding carboxylic acids is 1. The lowest BCUT2D eigenvalue weighted by Crippen LogP contribution is -2.12. The van der Waals surface area contributed by atoms with Crippen LogP contribution >= 0.6 is 15.9 Å². The van der Waals surface area contributed by atoms with Crippen molar-refractivity contribution in [1.29, 1.82) is 0 Å². The third kappa shape index (κ3) is 2.58. The Hall–Kier alpha value is -1.55. The zero-order chi connectivity index (χ0) is 12.4. The number of aryl methyl sites for hydroxylation is 2. The number of nitrogens with one attached hydrogen (secondary N) is 2. The number of rotatable bonds is 2. The fraction of sp³-hybridized carbons (Fsp3) is 0.154. The van der Waals surface area contributed by atoms with Gasteiger partial charge >= 0.3 is 0 Å². The second-order valence-electron chi connectivity index (χ2n) is 3.96. The van der Waals surface area contributed by atoms with Gasteiger partial charge in [-0.15, -0.1) is 0 Å². The lowest BCUT2D eigenvalue weighted by atomic mass is 10.1. The molecule has 0 atom stereocenters. The van der Waals surface area contributed by atoms with Gasteiger partial charge in [0.15, 0.2) is 0 Å². The summed E-state index contributed by atoms with van der Waals surface area (Å²) < 4.78 is 1.08. The van der Waals surface area contributed by atoms with Crippen molar-refractivity contribution in [1.82, 2.24) is 4.98 Å². The van der Waals surface area contributed by atoms with Crippen LogP contribution in [0.4, 0.5) is 5.69 Å². The van der Waals surface area contributed by atoms with Crippen molar-refractivity contribution in [2.24, 2.45) is 0 Å². The van der Waals surface area contributed by atoms with Crippen molar-refractivity contribution in [3.05, 3.63) is 51.8 Å². The van der Waals surface area contributed by atoms with Crippen LogP contribution in [0.15, 0.2) is 34.9 Å². The van der Waals surface area contributed by atoms with Gasteiger partial charge in [-0.3, -0.25) is 4.79 Å². The molecule has 2 aromatic rings. The van der Waals surface area contributed by atoms with Crippen LogP contribution in [0, 0.1) is 13.8 Å². The van der Waals surface area contributed by atoms with Crippen LogP contribution in [0.3, 0.4) is 0 Å². The van der Waals surface area contributed by atoms with E-state index >= 15 is 0 Å². The van der Waals surface area contributed by atoms with Crippen LogP contribution in [0.2, 0.25) is 0 Å². The van der Waals surface area contributed by atoms with Crippen molar-refractivity contribution >= 4 is 27.5 Å². The molecule has 2 rings (SSSR count). The fourth-order valence-corrected chi connectivity index (χ4v) is 1.92. The first kappa shape index (κ1) is 11.9. The number of hydrogen-bond donors (Lipinski definition) is 2. The zero-order valence-corrected chi connectivity index (χ0v) is 11.3. The molecule has 0 radical (unpaired) electrons. The number of hydrogen-bond acceptors (Lipinski definition) is 1. The van der Waals surface area contributed by atoms with E-state index in [9.17, 15) is 4.79 Å². The van der Waals surface area contributed by atoms with Crippen molar-refractivity contribution in [2.45, 2.75) is 13.8 Å². The predicted molar refractivity (Wildman–Crippen MR) is 72.4 cm³/mol. The normalized spacial score (nSPS) is 10.3. The van der Waals surface area contributed by atoms with Gasteiger partial charge in [-0.05, 0) is 49.2 Å². The number of aromatic amines is 1. The summed E-state index contributed by atoms with van der Waals surface area (Å²) in [5.74, 6) is -0.129.